The minimum absolute atomic E-state index is 0.0455. The lowest BCUT2D eigenvalue weighted by atomic mass is 9.86. The van der Waals surface area contributed by atoms with E-state index in [2.05, 4.69) is 12.2 Å². The Kier molecular flexibility index (Phi) is 5.92. The molecule has 110 valence electrons. The van der Waals surface area contributed by atoms with Gasteiger partial charge in [0.2, 0.25) is 0 Å². The van der Waals surface area contributed by atoms with E-state index in [0.29, 0.717) is 12.1 Å². The standard InChI is InChI=1S/C16H23NO2S/c1-2-20-14-9-7-12(8-10-14)16(19)17-11-13-5-3-4-6-15(13)18/h7-10,13,15,18H,2-6,11H2,1H3,(H,17,19). The van der Waals surface area contributed by atoms with Gasteiger partial charge in [-0.15, -0.1) is 11.8 Å². The van der Waals surface area contributed by atoms with E-state index in [9.17, 15) is 9.90 Å². The quantitative estimate of drug-likeness (QED) is 0.820. The van der Waals surface area contributed by atoms with Gasteiger partial charge in [-0.2, -0.15) is 0 Å². The van der Waals surface area contributed by atoms with E-state index < -0.39 is 0 Å². The molecule has 1 saturated carbocycles. The maximum Gasteiger partial charge on any atom is 0.251 e. The van der Waals surface area contributed by atoms with Crippen LogP contribution in [0.5, 0.6) is 0 Å². The Labute approximate surface area is 125 Å². The van der Waals surface area contributed by atoms with E-state index in [1.165, 1.54) is 4.90 Å². The Hall–Kier alpha value is -1.00. The first kappa shape index (κ1) is 15.4. The van der Waals surface area contributed by atoms with Crippen LogP contribution in [-0.4, -0.2) is 29.4 Å². The third-order valence-electron chi connectivity index (χ3n) is 3.82. The molecule has 20 heavy (non-hydrogen) atoms. The van der Waals surface area contributed by atoms with Crippen molar-refractivity contribution in [3.63, 3.8) is 0 Å². The van der Waals surface area contributed by atoms with Crippen LogP contribution < -0.4 is 5.32 Å². The Morgan fingerprint density at radius 1 is 1.30 bits per heavy atom. The van der Waals surface area contributed by atoms with Gasteiger partial charge in [-0.05, 0) is 42.9 Å². The Balaban J connectivity index is 1.84. The number of hydrogen-bond donors (Lipinski definition) is 2. The third-order valence-corrected chi connectivity index (χ3v) is 4.72. The summed E-state index contributed by atoms with van der Waals surface area (Å²) in [7, 11) is 0. The van der Waals surface area contributed by atoms with Crippen molar-refractivity contribution in [2.24, 2.45) is 5.92 Å². The highest BCUT2D eigenvalue weighted by Crippen LogP contribution is 2.23. The number of benzene rings is 1. The second-order valence-corrected chi connectivity index (χ2v) is 6.62. The van der Waals surface area contributed by atoms with E-state index in [-0.39, 0.29) is 17.9 Å². The first-order valence-corrected chi connectivity index (χ1v) is 8.38. The zero-order valence-electron chi connectivity index (χ0n) is 12.0. The van der Waals surface area contributed by atoms with Crippen molar-refractivity contribution in [1.82, 2.24) is 5.32 Å². The number of nitrogens with one attached hydrogen (secondary N) is 1. The predicted octanol–water partition coefficient (Wildman–Crippen LogP) is 3.08. The van der Waals surface area contributed by atoms with Crippen molar-refractivity contribution in [3.05, 3.63) is 29.8 Å². The summed E-state index contributed by atoms with van der Waals surface area (Å²) in [6.07, 6.45) is 3.87. The molecule has 3 nitrogen and oxygen atoms in total. The van der Waals surface area contributed by atoms with E-state index >= 15 is 0 Å². The molecule has 0 heterocycles. The molecule has 0 aromatic heterocycles. The average Bonchev–Trinajstić information content (AvgIpc) is 2.47. The van der Waals surface area contributed by atoms with Crippen molar-refractivity contribution >= 4 is 17.7 Å². The van der Waals surface area contributed by atoms with E-state index in [4.69, 9.17) is 0 Å². The fraction of sp³-hybridized carbons (Fsp3) is 0.562. The molecule has 1 aliphatic rings. The van der Waals surface area contributed by atoms with Gasteiger partial charge in [0.1, 0.15) is 0 Å². The number of rotatable bonds is 5. The second kappa shape index (κ2) is 7.70. The second-order valence-electron chi connectivity index (χ2n) is 5.28. The molecule has 1 amide bonds. The largest absolute Gasteiger partial charge is 0.393 e. The number of thioether (sulfide) groups is 1. The molecule has 0 bridgehead atoms. The van der Waals surface area contributed by atoms with Crippen LogP contribution in [0, 0.1) is 5.92 Å². The predicted molar refractivity (Wildman–Crippen MR) is 83.1 cm³/mol. The van der Waals surface area contributed by atoms with Gasteiger partial charge in [0.25, 0.3) is 5.91 Å². The summed E-state index contributed by atoms with van der Waals surface area (Å²) in [5, 5.41) is 12.8. The molecule has 0 aliphatic heterocycles. The Morgan fingerprint density at radius 3 is 2.65 bits per heavy atom. The van der Waals surface area contributed by atoms with Crippen LogP contribution in [0.3, 0.4) is 0 Å². The summed E-state index contributed by atoms with van der Waals surface area (Å²) in [4.78, 5) is 13.3. The van der Waals surface area contributed by atoms with Crippen molar-refractivity contribution in [2.75, 3.05) is 12.3 Å². The molecule has 1 fully saturated rings. The van der Waals surface area contributed by atoms with E-state index in [1.807, 2.05) is 24.3 Å². The fourth-order valence-corrected chi connectivity index (χ4v) is 3.28. The zero-order valence-corrected chi connectivity index (χ0v) is 12.8. The highest BCUT2D eigenvalue weighted by atomic mass is 32.2. The summed E-state index contributed by atoms with van der Waals surface area (Å²) in [6.45, 7) is 2.69. The monoisotopic (exact) mass is 293 g/mol. The molecule has 4 heteroatoms. The van der Waals surface area contributed by atoms with Crippen LogP contribution in [0.2, 0.25) is 0 Å². The smallest absolute Gasteiger partial charge is 0.251 e. The number of aliphatic hydroxyl groups excluding tert-OH is 1. The lowest BCUT2D eigenvalue weighted by molar-refractivity contribution is 0.0663. The van der Waals surface area contributed by atoms with Gasteiger partial charge in [0.15, 0.2) is 0 Å². The molecular formula is C16H23NO2S. The SMILES string of the molecule is CCSc1ccc(C(=O)NCC2CCCCC2O)cc1. The van der Waals surface area contributed by atoms with Gasteiger partial charge in [0.05, 0.1) is 6.10 Å². The zero-order chi connectivity index (χ0) is 14.4. The van der Waals surface area contributed by atoms with Gasteiger partial charge in [0, 0.05) is 22.9 Å². The molecule has 1 aliphatic carbocycles. The van der Waals surface area contributed by atoms with Crippen LogP contribution in [0.4, 0.5) is 0 Å². The molecule has 0 radical (unpaired) electrons. The molecule has 1 aromatic carbocycles. The number of carbonyl (C=O) groups is 1. The van der Waals surface area contributed by atoms with Gasteiger partial charge in [-0.1, -0.05) is 19.8 Å². The number of amides is 1. The third kappa shape index (κ3) is 4.25. The minimum atomic E-state index is -0.257. The first-order valence-electron chi connectivity index (χ1n) is 7.40. The maximum absolute atomic E-state index is 12.1. The Bertz CT molecular complexity index is 433. The van der Waals surface area contributed by atoms with E-state index in [1.54, 1.807) is 11.8 Å². The van der Waals surface area contributed by atoms with Gasteiger partial charge in [-0.25, -0.2) is 0 Å². The summed E-state index contributed by atoms with van der Waals surface area (Å²) >= 11 is 1.77. The van der Waals surface area contributed by atoms with Crippen molar-refractivity contribution < 1.29 is 9.90 Å². The normalized spacial score (nSPS) is 22.5. The van der Waals surface area contributed by atoms with Crippen molar-refractivity contribution in [3.8, 4) is 0 Å². The molecule has 1 aromatic rings. The molecule has 2 rings (SSSR count). The van der Waals surface area contributed by atoms with Crippen LogP contribution in [0.1, 0.15) is 43.0 Å². The van der Waals surface area contributed by atoms with Crippen LogP contribution in [0.15, 0.2) is 29.2 Å². The van der Waals surface area contributed by atoms with Crippen molar-refractivity contribution in [2.45, 2.75) is 43.6 Å². The Morgan fingerprint density at radius 2 is 2.00 bits per heavy atom. The van der Waals surface area contributed by atoms with Crippen molar-refractivity contribution in [1.29, 1.82) is 0 Å². The maximum atomic E-state index is 12.1. The van der Waals surface area contributed by atoms with Crippen LogP contribution >= 0.6 is 11.8 Å². The summed E-state index contributed by atoms with van der Waals surface area (Å²) < 4.78 is 0. The topological polar surface area (TPSA) is 49.3 Å². The minimum Gasteiger partial charge on any atom is -0.393 e. The molecular weight excluding hydrogens is 270 g/mol. The highest BCUT2D eigenvalue weighted by Gasteiger charge is 2.23. The number of hydrogen-bond acceptors (Lipinski definition) is 3. The summed E-state index contributed by atoms with van der Waals surface area (Å²) in [6, 6.07) is 7.70. The first-order chi connectivity index (χ1) is 9.70. The molecule has 2 N–H and O–H groups in total. The molecule has 2 unspecified atom stereocenters. The summed E-state index contributed by atoms with van der Waals surface area (Å²) in [5.41, 5.74) is 0.691. The number of aliphatic hydroxyl groups is 1. The summed E-state index contributed by atoms with van der Waals surface area (Å²) in [5.74, 6) is 1.20. The lowest BCUT2D eigenvalue weighted by Gasteiger charge is -2.27. The van der Waals surface area contributed by atoms with Gasteiger partial charge >= 0.3 is 0 Å². The fourth-order valence-electron chi connectivity index (χ4n) is 2.62. The lowest BCUT2D eigenvalue weighted by Crippen LogP contribution is -2.36. The molecule has 0 spiro atoms. The molecule has 2 atom stereocenters. The highest BCUT2D eigenvalue weighted by molar-refractivity contribution is 7.99. The van der Waals surface area contributed by atoms with Gasteiger partial charge < -0.3 is 10.4 Å². The van der Waals surface area contributed by atoms with Gasteiger partial charge in [-0.3, -0.25) is 4.79 Å². The number of carbonyl (C=O) groups excluding carboxylic acids is 1. The molecule has 0 saturated heterocycles. The average molecular weight is 293 g/mol. The van der Waals surface area contributed by atoms with E-state index in [0.717, 1.165) is 31.4 Å². The van der Waals surface area contributed by atoms with Crippen LogP contribution in [-0.2, 0) is 0 Å². The van der Waals surface area contributed by atoms with Crippen LogP contribution in [0.25, 0.3) is 0 Å².